The maximum atomic E-state index is 12.4. The van der Waals surface area contributed by atoms with Gasteiger partial charge in [0.25, 0.3) is 0 Å². The zero-order valence-electron chi connectivity index (χ0n) is 13.8. The minimum absolute atomic E-state index is 0.118. The van der Waals surface area contributed by atoms with E-state index in [4.69, 9.17) is 14.2 Å². The van der Waals surface area contributed by atoms with Crippen molar-refractivity contribution in [3.63, 3.8) is 0 Å². The molecule has 0 spiro atoms. The van der Waals surface area contributed by atoms with Gasteiger partial charge in [0.1, 0.15) is 19.8 Å². The molecule has 1 heterocycles. The molecule has 2 rings (SSSR count). The summed E-state index contributed by atoms with van der Waals surface area (Å²) < 4.78 is 41.6. The van der Waals surface area contributed by atoms with Gasteiger partial charge in [-0.3, -0.25) is 9.10 Å². The van der Waals surface area contributed by atoms with Gasteiger partial charge in [-0.1, -0.05) is 0 Å². The number of hydrogen-bond donors (Lipinski definition) is 1. The summed E-state index contributed by atoms with van der Waals surface area (Å²) in [6, 6.07) is 4.82. The molecule has 0 saturated carbocycles. The predicted octanol–water partition coefficient (Wildman–Crippen LogP) is 0.377. The fraction of sp³-hybridized carbons (Fsp3) is 0.533. The molecule has 0 bridgehead atoms. The Hall–Kier alpha value is -2.00. The van der Waals surface area contributed by atoms with E-state index in [-0.39, 0.29) is 12.3 Å². The van der Waals surface area contributed by atoms with Crippen molar-refractivity contribution in [1.82, 2.24) is 5.32 Å². The number of sulfonamides is 1. The maximum absolute atomic E-state index is 12.4. The summed E-state index contributed by atoms with van der Waals surface area (Å²) in [6.45, 7) is 2.75. The van der Waals surface area contributed by atoms with Crippen molar-refractivity contribution in [3.05, 3.63) is 18.2 Å². The largest absolute Gasteiger partial charge is 0.486 e. The average Bonchev–Trinajstić information content (AvgIpc) is 2.59. The summed E-state index contributed by atoms with van der Waals surface area (Å²) in [6.07, 6.45) is 0. The van der Waals surface area contributed by atoms with E-state index in [9.17, 15) is 13.2 Å². The van der Waals surface area contributed by atoms with Crippen LogP contribution < -0.4 is 19.1 Å². The number of ether oxygens (including phenoxy) is 3. The van der Waals surface area contributed by atoms with Crippen LogP contribution in [0.2, 0.25) is 0 Å². The second kappa shape index (κ2) is 8.20. The number of fused-ring (bicyclic) bond motifs is 1. The van der Waals surface area contributed by atoms with Crippen molar-refractivity contribution in [2.45, 2.75) is 6.92 Å². The van der Waals surface area contributed by atoms with Gasteiger partial charge in [0.2, 0.25) is 15.9 Å². The number of hydrogen-bond acceptors (Lipinski definition) is 6. The predicted molar refractivity (Wildman–Crippen MR) is 89.1 cm³/mol. The molecule has 1 aliphatic heterocycles. The van der Waals surface area contributed by atoms with Crippen LogP contribution in [-0.2, 0) is 19.6 Å². The number of rotatable bonds is 8. The van der Waals surface area contributed by atoms with Gasteiger partial charge in [-0.15, -0.1) is 0 Å². The lowest BCUT2D eigenvalue weighted by atomic mass is 10.2. The van der Waals surface area contributed by atoms with Gasteiger partial charge >= 0.3 is 0 Å². The number of nitrogens with one attached hydrogen (secondary N) is 1. The molecular formula is C15H22N2O6S. The van der Waals surface area contributed by atoms with Gasteiger partial charge < -0.3 is 19.5 Å². The lowest BCUT2D eigenvalue weighted by Crippen LogP contribution is -2.42. The monoisotopic (exact) mass is 358 g/mol. The highest BCUT2D eigenvalue weighted by atomic mass is 32.2. The van der Waals surface area contributed by atoms with Gasteiger partial charge in [-0.2, -0.15) is 0 Å². The number of anilines is 1. The topological polar surface area (TPSA) is 94.2 Å². The Balaban J connectivity index is 2.22. The number of amides is 1. The van der Waals surface area contributed by atoms with Crippen LogP contribution in [0.5, 0.6) is 11.5 Å². The van der Waals surface area contributed by atoms with Crippen molar-refractivity contribution in [3.8, 4) is 11.5 Å². The Bertz CT molecular complexity index is 677. The van der Waals surface area contributed by atoms with Crippen molar-refractivity contribution in [2.24, 2.45) is 0 Å². The standard InChI is InChI=1S/C15H22N2O6S/c1-3-24(19,20)17(11-15(18)16-6-7-21-2)12-4-5-13-14(10-12)23-9-8-22-13/h4-5,10H,3,6-9,11H2,1-2H3,(H,16,18). The molecule has 9 heteroatoms. The molecule has 0 saturated heterocycles. The third-order valence-electron chi connectivity index (χ3n) is 3.43. The fourth-order valence-electron chi connectivity index (χ4n) is 2.17. The summed E-state index contributed by atoms with van der Waals surface area (Å²) in [5.41, 5.74) is 0.364. The molecule has 24 heavy (non-hydrogen) atoms. The maximum Gasteiger partial charge on any atom is 0.240 e. The quantitative estimate of drug-likeness (QED) is 0.675. The first-order chi connectivity index (χ1) is 11.5. The number of methoxy groups -OCH3 is 1. The van der Waals surface area contributed by atoms with Crippen molar-refractivity contribution >= 4 is 21.6 Å². The van der Waals surface area contributed by atoms with Crippen LogP contribution >= 0.6 is 0 Å². The Kier molecular flexibility index (Phi) is 6.27. The molecule has 0 radical (unpaired) electrons. The molecule has 1 amide bonds. The number of benzene rings is 1. The van der Waals surface area contributed by atoms with E-state index in [2.05, 4.69) is 5.32 Å². The molecule has 0 aliphatic carbocycles. The molecule has 0 unspecified atom stereocenters. The van der Waals surface area contributed by atoms with Crippen LogP contribution in [-0.4, -0.2) is 60.1 Å². The molecule has 0 atom stereocenters. The first kappa shape index (κ1) is 18.3. The van der Waals surface area contributed by atoms with Gasteiger partial charge in [0, 0.05) is 19.7 Å². The van der Waals surface area contributed by atoms with E-state index in [0.29, 0.717) is 43.6 Å². The average molecular weight is 358 g/mol. The van der Waals surface area contributed by atoms with Crippen LogP contribution in [0.15, 0.2) is 18.2 Å². The van der Waals surface area contributed by atoms with Crippen LogP contribution in [0.3, 0.4) is 0 Å². The van der Waals surface area contributed by atoms with Crippen LogP contribution in [0.4, 0.5) is 5.69 Å². The molecule has 134 valence electrons. The minimum atomic E-state index is -3.62. The molecule has 1 aromatic rings. The lowest BCUT2D eigenvalue weighted by Gasteiger charge is -2.25. The SMILES string of the molecule is CCS(=O)(=O)N(CC(=O)NCCOC)c1ccc2c(c1)OCCO2. The zero-order chi connectivity index (χ0) is 17.6. The smallest absolute Gasteiger partial charge is 0.240 e. The lowest BCUT2D eigenvalue weighted by molar-refractivity contribution is -0.119. The molecule has 1 N–H and O–H groups in total. The summed E-state index contributed by atoms with van der Waals surface area (Å²) in [5.74, 6) is 0.504. The molecule has 0 aromatic heterocycles. The molecule has 1 aromatic carbocycles. The Morgan fingerprint density at radius 1 is 1.29 bits per heavy atom. The van der Waals surface area contributed by atoms with Crippen LogP contribution in [0.25, 0.3) is 0 Å². The summed E-state index contributed by atoms with van der Waals surface area (Å²) in [7, 11) is -2.10. The van der Waals surface area contributed by atoms with Gasteiger partial charge in [-0.25, -0.2) is 8.42 Å². The van der Waals surface area contributed by atoms with E-state index in [1.54, 1.807) is 18.2 Å². The Labute approximate surface area is 141 Å². The van der Waals surface area contributed by atoms with E-state index < -0.39 is 15.9 Å². The van der Waals surface area contributed by atoms with Gasteiger partial charge in [-0.05, 0) is 19.1 Å². The van der Waals surface area contributed by atoms with Gasteiger partial charge in [0.15, 0.2) is 11.5 Å². The normalized spacial score (nSPS) is 13.4. The zero-order valence-corrected chi connectivity index (χ0v) is 14.6. The van der Waals surface area contributed by atoms with E-state index >= 15 is 0 Å². The summed E-state index contributed by atoms with van der Waals surface area (Å²) in [5, 5.41) is 2.62. The fourth-order valence-corrected chi connectivity index (χ4v) is 3.23. The molecule has 0 fully saturated rings. The van der Waals surface area contributed by atoms with Crippen LogP contribution in [0, 0.1) is 0 Å². The highest BCUT2D eigenvalue weighted by Crippen LogP contribution is 2.34. The number of carbonyl (C=O) groups is 1. The second-order valence-electron chi connectivity index (χ2n) is 5.08. The van der Waals surface area contributed by atoms with E-state index in [1.165, 1.54) is 14.0 Å². The number of carbonyl (C=O) groups excluding carboxylic acids is 1. The number of nitrogens with zero attached hydrogens (tertiary/aromatic N) is 1. The Morgan fingerprint density at radius 3 is 2.67 bits per heavy atom. The highest BCUT2D eigenvalue weighted by Gasteiger charge is 2.25. The van der Waals surface area contributed by atoms with Crippen LogP contribution in [0.1, 0.15) is 6.92 Å². The van der Waals surface area contributed by atoms with Crippen molar-refractivity contribution in [1.29, 1.82) is 0 Å². The Morgan fingerprint density at radius 2 is 2.00 bits per heavy atom. The minimum Gasteiger partial charge on any atom is -0.486 e. The third kappa shape index (κ3) is 4.51. The molecule has 8 nitrogen and oxygen atoms in total. The third-order valence-corrected chi connectivity index (χ3v) is 5.17. The van der Waals surface area contributed by atoms with E-state index in [1.807, 2.05) is 0 Å². The highest BCUT2D eigenvalue weighted by molar-refractivity contribution is 7.92. The first-order valence-electron chi connectivity index (χ1n) is 7.63. The van der Waals surface area contributed by atoms with Crippen molar-refractivity contribution < 1.29 is 27.4 Å². The molecule has 1 aliphatic rings. The van der Waals surface area contributed by atoms with Gasteiger partial charge in [0.05, 0.1) is 18.0 Å². The molecular weight excluding hydrogens is 336 g/mol. The van der Waals surface area contributed by atoms with Crippen molar-refractivity contribution in [2.75, 3.05) is 50.1 Å². The summed E-state index contributed by atoms with van der Waals surface area (Å²) in [4.78, 5) is 12.0. The van der Waals surface area contributed by atoms with E-state index in [0.717, 1.165) is 4.31 Å². The second-order valence-corrected chi connectivity index (χ2v) is 7.26. The summed E-state index contributed by atoms with van der Waals surface area (Å²) >= 11 is 0. The first-order valence-corrected chi connectivity index (χ1v) is 9.24.